The summed E-state index contributed by atoms with van der Waals surface area (Å²) in [5, 5.41) is 3.59. The molecule has 1 N–H and O–H groups in total. The molecule has 1 atom stereocenters. The molecule has 28 heavy (non-hydrogen) atoms. The molecule has 2 heterocycles. The zero-order valence-electron chi connectivity index (χ0n) is 15.4. The van der Waals surface area contributed by atoms with Gasteiger partial charge in [-0.25, -0.2) is 0 Å². The predicted molar refractivity (Wildman–Crippen MR) is 109 cm³/mol. The molecule has 0 spiro atoms. The summed E-state index contributed by atoms with van der Waals surface area (Å²) in [6.07, 6.45) is 1.54. The summed E-state index contributed by atoms with van der Waals surface area (Å²) in [5.41, 5.74) is 2.24. The second-order valence-electron chi connectivity index (χ2n) is 7.12. The van der Waals surface area contributed by atoms with Gasteiger partial charge in [-0.05, 0) is 55.7 Å². The van der Waals surface area contributed by atoms with E-state index in [0.29, 0.717) is 29.5 Å². The average Bonchev–Trinajstić information content (AvgIpc) is 2.96. The average molecular weight is 418 g/mol. The maximum atomic E-state index is 12.8. The minimum Gasteiger partial charge on any atom is -0.355 e. The van der Waals surface area contributed by atoms with Crippen LogP contribution in [-0.2, 0) is 14.8 Å². The highest BCUT2D eigenvalue weighted by Gasteiger charge is 2.35. The maximum Gasteiger partial charge on any atom is 0.285 e. The molecular weight excluding hydrogens is 398 g/mol. The highest BCUT2D eigenvalue weighted by atomic mass is 35.5. The van der Waals surface area contributed by atoms with Crippen LogP contribution >= 0.6 is 11.6 Å². The summed E-state index contributed by atoms with van der Waals surface area (Å²) < 4.78 is 28.6. The molecule has 6 nitrogen and oxygen atoms in total. The van der Waals surface area contributed by atoms with E-state index in [4.69, 9.17) is 11.6 Å². The molecule has 4 rings (SSSR count). The smallest absolute Gasteiger partial charge is 0.285 e. The summed E-state index contributed by atoms with van der Waals surface area (Å²) in [4.78, 5) is 14.9. The van der Waals surface area contributed by atoms with E-state index in [0.717, 1.165) is 24.1 Å². The predicted octanol–water partition coefficient (Wildman–Crippen LogP) is 3.45. The standard InChI is InChI=1S/C20H20ClN3O3S/c1-13-11-15(21)8-9-17(13)22-20(25)14-5-4-10-24(12-14)19-16-6-2-3-7-18(16)28(26,27)23-19/h2-3,6-9,11,14H,4-5,10,12H2,1H3,(H,22,25)/t14-/m1/s1. The van der Waals surface area contributed by atoms with Gasteiger partial charge in [0.05, 0.1) is 5.92 Å². The number of amidine groups is 1. The van der Waals surface area contributed by atoms with Crippen LogP contribution in [0.5, 0.6) is 0 Å². The topological polar surface area (TPSA) is 78.8 Å². The lowest BCUT2D eigenvalue weighted by Gasteiger charge is -2.33. The van der Waals surface area contributed by atoms with Crippen LogP contribution in [-0.4, -0.2) is 38.2 Å². The number of hydrogen-bond donors (Lipinski definition) is 1. The zero-order valence-corrected chi connectivity index (χ0v) is 16.9. The fraction of sp³-hybridized carbons (Fsp3) is 0.300. The summed E-state index contributed by atoms with van der Waals surface area (Å²) >= 11 is 5.98. The Morgan fingerprint density at radius 3 is 2.82 bits per heavy atom. The second kappa shape index (κ2) is 7.22. The molecule has 0 bridgehead atoms. The van der Waals surface area contributed by atoms with Crippen molar-refractivity contribution in [2.24, 2.45) is 10.3 Å². The first-order valence-corrected chi connectivity index (χ1v) is 10.9. The number of rotatable bonds is 2. The third-order valence-electron chi connectivity index (χ3n) is 5.15. The summed E-state index contributed by atoms with van der Waals surface area (Å²) in [5.74, 6) is 0.114. The number of nitrogens with one attached hydrogen (secondary N) is 1. The molecule has 146 valence electrons. The number of amides is 1. The number of aryl methyl sites for hydroxylation is 1. The molecule has 2 aromatic carbocycles. The van der Waals surface area contributed by atoms with E-state index in [-0.39, 0.29) is 16.7 Å². The fourth-order valence-corrected chi connectivity index (χ4v) is 5.16. The lowest BCUT2D eigenvalue weighted by atomic mass is 9.96. The molecule has 0 saturated carbocycles. The van der Waals surface area contributed by atoms with Gasteiger partial charge in [0.2, 0.25) is 5.91 Å². The van der Waals surface area contributed by atoms with Crippen molar-refractivity contribution in [3.05, 3.63) is 58.6 Å². The van der Waals surface area contributed by atoms with Crippen molar-refractivity contribution in [2.75, 3.05) is 18.4 Å². The molecule has 8 heteroatoms. The van der Waals surface area contributed by atoms with Gasteiger partial charge in [0.1, 0.15) is 4.90 Å². The number of carbonyl (C=O) groups is 1. The highest BCUT2D eigenvalue weighted by molar-refractivity contribution is 7.90. The Balaban J connectivity index is 1.53. The van der Waals surface area contributed by atoms with Gasteiger partial charge < -0.3 is 10.2 Å². The van der Waals surface area contributed by atoms with Crippen molar-refractivity contribution >= 4 is 39.1 Å². The normalized spacial score (nSPS) is 20.4. The van der Waals surface area contributed by atoms with E-state index >= 15 is 0 Å². The lowest BCUT2D eigenvalue weighted by molar-refractivity contribution is -0.121. The van der Waals surface area contributed by atoms with Gasteiger partial charge >= 0.3 is 0 Å². The van der Waals surface area contributed by atoms with Crippen molar-refractivity contribution in [2.45, 2.75) is 24.7 Å². The van der Waals surface area contributed by atoms with Crippen LogP contribution in [0.4, 0.5) is 5.69 Å². The van der Waals surface area contributed by atoms with Crippen molar-refractivity contribution in [3.63, 3.8) is 0 Å². The van der Waals surface area contributed by atoms with Gasteiger partial charge in [0.25, 0.3) is 10.0 Å². The Morgan fingerprint density at radius 2 is 2.04 bits per heavy atom. The third kappa shape index (κ3) is 3.52. The van der Waals surface area contributed by atoms with Crippen molar-refractivity contribution in [3.8, 4) is 0 Å². The van der Waals surface area contributed by atoms with Crippen molar-refractivity contribution < 1.29 is 13.2 Å². The third-order valence-corrected chi connectivity index (χ3v) is 6.71. The van der Waals surface area contributed by atoms with Gasteiger partial charge in [-0.3, -0.25) is 4.79 Å². The van der Waals surface area contributed by atoms with Crippen LogP contribution in [0.25, 0.3) is 0 Å². The van der Waals surface area contributed by atoms with Crippen molar-refractivity contribution in [1.29, 1.82) is 0 Å². The van der Waals surface area contributed by atoms with Gasteiger partial charge in [0.15, 0.2) is 5.84 Å². The van der Waals surface area contributed by atoms with Gasteiger partial charge in [-0.1, -0.05) is 23.7 Å². The molecule has 2 aromatic rings. The molecule has 1 saturated heterocycles. The number of fused-ring (bicyclic) bond motifs is 1. The number of halogens is 1. The maximum absolute atomic E-state index is 12.8. The fourth-order valence-electron chi connectivity index (χ4n) is 3.70. The number of sulfonamides is 1. The van der Waals surface area contributed by atoms with Crippen LogP contribution in [0.3, 0.4) is 0 Å². The molecule has 0 radical (unpaired) electrons. The van der Waals surface area contributed by atoms with E-state index in [1.165, 1.54) is 0 Å². The quantitative estimate of drug-likeness (QED) is 0.811. The van der Waals surface area contributed by atoms with Gasteiger partial charge in [-0.15, -0.1) is 4.40 Å². The Bertz CT molecular complexity index is 1080. The van der Waals surface area contributed by atoms with Crippen molar-refractivity contribution in [1.82, 2.24) is 4.90 Å². The van der Waals surface area contributed by atoms with Crippen LogP contribution in [0.2, 0.25) is 5.02 Å². The van der Waals surface area contributed by atoms with Crippen LogP contribution < -0.4 is 5.32 Å². The molecule has 0 aliphatic carbocycles. The van der Waals surface area contributed by atoms with Gasteiger partial charge in [0, 0.05) is 29.4 Å². The van der Waals surface area contributed by atoms with Crippen LogP contribution in [0.15, 0.2) is 51.8 Å². The van der Waals surface area contributed by atoms with Crippen LogP contribution in [0, 0.1) is 12.8 Å². The van der Waals surface area contributed by atoms with Gasteiger partial charge in [-0.2, -0.15) is 8.42 Å². The Hall–Kier alpha value is -2.38. The number of likely N-dealkylation sites (tertiary alicyclic amines) is 1. The molecule has 0 aromatic heterocycles. The first kappa shape index (κ1) is 19.0. The molecule has 2 aliphatic rings. The van der Waals surface area contributed by atoms with E-state index in [9.17, 15) is 13.2 Å². The molecule has 1 fully saturated rings. The Morgan fingerprint density at radius 1 is 1.25 bits per heavy atom. The Labute approximate surface area is 169 Å². The number of carbonyl (C=O) groups excluding carboxylic acids is 1. The van der Waals surface area contributed by atoms with E-state index in [2.05, 4.69) is 9.71 Å². The second-order valence-corrected chi connectivity index (χ2v) is 9.13. The zero-order chi connectivity index (χ0) is 19.9. The summed E-state index contributed by atoms with van der Waals surface area (Å²) in [6, 6.07) is 12.2. The first-order chi connectivity index (χ1) is 13.3. The largest absolute Gasteiger partial charge is 0.355 e. The Kier molecular flexibility index (Phi) is 4.89. The van der Waals surface area contributed by atoms with E-state index < -0.39 is 10.0 Å². The lowest BCUT2D eigenvalue weighted by Crippen LogP contribution is -2.43. The van der Waals surface area contributed by atoms with Crippen LogP contribution in [0.1, 0.15) is 24.0 Å². The minimum atomic E-state index is -3.67. The molecular formula is C20H20ClN3O3S. The molecule has 0 unspecified atom stereocenters. The summed E-state index contributed by atoms with van der Waals surface area (Å²) in [7, 11) is -3.67. The SMILES string of the molecule is Cc1cc(Cl)ccc1NC(=O)[C@@H]1CCCN(C2=NS(=O)(=O)c3ccccc32)C1. The number of benzene rings is 2. The minimum absolute atomic E-state index is 0.0788. The number of nitrogens with zero attached hydrogens (tertiary/aromatic N) is 2. The highest BCUT2D eigenvalue weighted by Crippen LogP contribution is 2.30. The number of anilines is 1. The summed E-state index contributed by atoms with van der Waals surface area (Å²) in [6.45, 7) is 3.00. The molecule has 2 aliphatic heterocycles. The number of piperidine rings is 1. The first-order valence-electron chi connectivity index (χ1n) is 9.11. The number of hydrogen-bond acceptors (Lipinski definition) is 4. The molecule has 1 amide bonds. The van der Waals surface area contributed by atoms with E-state index in [1.807, 2.05) is 11.8 Å². The monoisotopic (exact) mass is 417 g/mol. The van der Waals surface area contributed by atoms with E-state index in [1.54, 1.807) is 42.5 Å².